The molecule has 370 valence electrons. The number of hydrogen-bond donors (Lipinski definition) is 8. The summed E-state index contributed by atoms with van der Waals surface area (Å²) in [5, 5.41) is 14.4. The Kier molecular flexibility index (Phi) is 13.6. The fourth-order valence-corrected chi connectivity index (χ4v) is 10.5. The summed E-state index contributed by atoms with van der Waals surface area (Å²) in [5.41, 5.74) is 6.96. The molecule has 8 rings (SSSR count). The highest BCUT2D eigenvalue weighted by atomic mass is 32.2. The van der Waals surface area contributed by atoms with Crippen LogP contribution >= 0.6 is 0 Å². The van der Waals surface area contributed by atoms with E-state index >= 15 is 0 Å². The minimum absolute atomic E-state index is 0.0168. The molecule has 0 bridgehead atoms. The molecule has 0 unspecified atom stereocenters. The third-order valence-corrected chi connectivity index (χ3v) is 14.5. The molecular formula is C51H46N6O12S3. The fourth-order valence-electron chi connectivity index (χ4n) is 8.65. The van der Waals surface area contributed by atoms with Gasteiger partial charge in [0, 0.05) is 57.0 Å². The molecule has 1 aliphatic carbocycles. The number of rotatable bonds is 11. The van der Waals surface area contributed by atoms with Gasteiger partial charge >= 0.3 is 12.1 Å². The van der Waals surface area contributed by atoms with Gasteiger partial charge in [0.2, 0.25) is 0 Å². The molecule has 21 heteroatoms. The summed E-state index contributed by atoms with van der Waals surface area (Å²) in [7, 11) is -14.6. The van der Waals surface area contributed by atoms with Crippen molar-refractivity contribution in [1.82, 2.24) is 0 Å². The van der Waals surface area contributed by atoms with Crippen LogP contribution in [0.2, 0.25) is 0 Å². The zero-order valence-electron chi connectivity index (χ0n) is 39.2. The minimum Gasteiger partial charge on any atom is -0.456 e. The molecule has 8 N–H and O–H groups in total. The molecule has 0 saturated carbocycles. The highest BCUT2D eigenvalue weighted by Gasteiger charge is 2.27. The van der Waals surface area contributed by atoms with E-state index in [9.17, 15) is 48.5 Å². The maximum Gasteiger partial charge on any atom is 0.323 e. The zero-order chi connectivity index (χ0) is 52.0. The number of amides is 4. The van der Waals surface area contributed by atoms with Crippen molar-refractivity contribution in [3.05, 3.63) is 160 Å². The monoisotopic (exact) mass is 1030 g/mol. The van der Waals surface area contributed by atoms with Crippen LogP contribution in [0.5, 0.6) is 0 Å². The Labute approximate surface area is 414 Å². The van der Waals surface area contributed by atoms with Gasteiger partial charge in [-0.3, -0.25) is 13.7 Å². The molecule has 2 aliphatic rings. The number of para-hydroxylation sites is 1. The Morgan fingerprint density at radius 1 is 0.500 bits per heavy atom. The average Bonchev–Trinajstić information content (AvgIpc) is 3.30. The van der Waals surface area contributed by atoms with Gasteiger partial charge in [0.25, 0.3) is 30.4 Å². The van der Waals surface area contributed by atoms with Crippen molar-refractivity contribution in [3.63, 3.8) is 0 Å². The van der Waals surface area contributed by atoms with Crippen molar-refractivity contribution < 1.29 is 52.9 Å². The van der Waals surface area contributed by atoms with E-state index < -0.39 is 57.1 Å². The SMILES string of the molecule is Cc1cc(C)c(NC(=O)Nc2cccc(S(=O)(=O)O)c2)c(C)c1N=c1cc2oc3cc(Nc4c(C)cc(C)c(NC(=O)Nc5ccccc5)c4C)ccc3c(-c3ccccc3S(=O)(=O)O)c-2cc1S(=O)(=O)O. The second kappa shape index (κ2) is 19.4. The zero-order valence-corrected chi connectivity index (χ0v) is 41.7. The number of aryl methyl sites for hydroxylation is 4. The minimum atomic E-state index is -5.11. The molecular weight excluding hydrogens is 985 g/mol. The van der Waals surface area contributed by atoms with Crippen LogP contribution in [0.4, 0.5) is 49.4 Å². The van der Waals surface area contributed by atoms with Crippen LogP contribution < -0.4 is 31.9 Å². The predicted octanol–water partition coefficient (Wildman–Crippen LogP) is 11.1. The summed E-state index contributed by atoms with van der Waals surface area (Å²) in [6.45, 7) is 10.6. The first kappa shape index (κ1) is 50.5. The number of carbonyl (C=O) groups is 2. The van der Waals surface area contributed by atoms with Gasteiger partial charge in [0.05, 0.1) is 27.3 Å². The normalized spacial score (nSPS) is 12.2. The summed E-state index contributed by atoms with van der Waals surface area (Å²) in [5.74, 6) is -0.0168. The number of urea groups is 2. The fraction of sp³-hybridized carbons (Fsp3) is 0.118. The molecule has 0 fully saturated rings. The van der Waals surface area contributed by atoms with Crippen LogP contribution in [0.25, 0.3) is 33.4 Å². The molecule has 1 heterocycles. The van der Waals surface area contributed by atoms with Crippen LogP contribution in [-0.2, 0) is 30.4 Å². The third-order valence-electron chi connectivity index (χ3n) is 11.8. The van der Waals surface area contributed by atoms with E-state index in [0.29, 0.717) is 45.0 Å². The van der Waals surface area contributed by atoms with Gasteiger partial charge in [-0.25, -0.2) is 14.6 Å². The lowest BCUT2D eigenvalue weighted by molar-refractivity contribution is 0.261. The van der Waals surface area contributed by atoms with Crippen molar-refractivity contribution in [2.45, 2.75) is 56.2 Å². The third kappa shape index (κ3) is 10.6. The van der Waals surface area contributed by atoms with Crippen molar-refractivity contribution in [1.29, 1.82) is 0 Å². The Hall–Kier alpha value is -7.92. The van der Waals surface area contributed by atoms with Gasteiger partial charge in [0.1, 0.15) is 21.1 Å². The largest absolute Gasteiger partial charge is 0.456 e. The van der Waals surface area contributed by atoms with Crippen LogP contribution in [0.3, 0.4) is 0 Å². The van der Waals surface area contributed by atoms with Crippen LogP contribution in [-0.4, -0.2) is 51.0 Å². The molecule has 1 aliphatic heterocycles. The van der Waals surface area contributed by atoms with Gasteiger partial charge in [-0.1, -0.05) is 54.6 Å². The smallest absolute Gasteiger partial charge is 0.323 e. The Morgan fingerprint density at radius 2 is 1.08 bits per heavy atom. The highest BCUT2D eigenvalue weighted by molar-refractivity contribution is 7.86. The van der Waals surface area contributed by atoms with E-state index in [0.717, 1.165) is 29.3 Å². The summed E-state index contributed by atoms with van der Waals surface area (Å²) in [4.78, 5) is 29.5. The van der Waals surface area contributed by atoms with Gasteiger partial charge in [0.15, 0.2) is 0 Å². The number of carbonyl (C=O) groups excluding carboxylic acids is 2. The molecule has 4 amide bonds. The van der Waals surface area contributed by atoms with Gasteiger partial charge in [-0.05, 0) is 130 Å². The lowest BCUT2D eigenvalue weighted by Crippen LogP contribution is -2.21. The molecule has 0 aromatic heterocycles. The van der Waals surface area contributed by atoms with E-state index in [4.69, 9.17) is 9.41 Å². The first-order valence-electron chi connectivity index (χ1n) is 21.8. The maximum atomic E-state index is 13.4. The quantitative estimate of drug-likeness (QED) is 0.0442. The number of nitrogens with one attached hydrogen (secondary N) is 5. The number of benzene rings is 7. The number of anilines is 6. The standard InChI is InChI=1S/C51H46N6O12S3/c1-27-21-29(3)48(56-50(58)53-33-13-8-7-9-14-33)31(5)46(27)52-35-19-20-37-41(24-35)69-42-26-40(44(72(66,67)68)25-39(42)45(37)38-17-10-11-18-43(38)71(63,64)65)55-47-28(2)22-30(4)49(32(47)6)57-51(59)54-34-15-12-16-36(23-34)70(60,61)62/h7-26,52H,1-6H3,(H2,53,56,58)(H2,54,57,59)(H,60,61,62)(H,63,64,65)(H,66,67,68). The predicted molar refractivity (Wildman–Crippen MR) is 276 cm³/mol. The van der Waals surface area contributed by atoms with Crippen molar-refractivity contribution in [2.24, 2.45) is 4.99 Å². The maximum absolute atomic E-state index is 13.4. The molecule has 18 nitrogen and oxygen atoms in total. The second-order valence-electron chi connectivity index (χ2n) is 17.0. The van der Waals surface area contributed by atoms with Crippen molar-refractivity contribution in [3.8, 4) is 22.5 Å². The Balaban J connectivity index is 1.28. The van der Waals surface area contributed by atoms with E-state index in [1.54, 1.807) is 69.3 Å². The van der Waals surface area contributed by atoms with Crippen molar-refractivity contribution in [2.75, 3.05) is 26.6 Å². The second-order valence-corrected chi connectivity index (χ2v) is 21.2. The summed E-state index contributed by atoms with van der Waals surface area (Å²) in [6.07, 6.45) is 0. The molecule has 6 aromatic rings. The van der Waals surface area contributed by atoms with Crippen molar-refractivity contribution >= 4 is 93.2 Å². The topological polar surface area (TPSA) is 283 Å². The van der Waals surface area contributed by atoms with Crippen LogP contribution in [0, 0.1) is 41.5 Å². The molecule has 0 atom stereocenters. The summed E-state index contributed by atoms with van der Waals surface area (Å²) < 4.78 is 113. The molecule has 0 saturated heterocycles. The Morgan fingerprint density at radius 3 is 1.74 bits per heavy atom. The molecule has 6 aromatic carbocycles. The summed E-state index contributed by atoms with van der Waals surface area (Å²) >= 11 is 0. The highest BCUT2D eigenvalue weighted by Crippen LogP contribution is 2.44. The number of fused-ring (bicyclic) bond motifs is 2. The van der Waals surface area contributed by atoms with E-state index in [1.165, 1.54) is 42.5 Å². The lowest BCUT2D eigenvalue weighted by atomic mass is 9.93. The number of hydrogen-bond acceptors (Lipinski definition) is 11. The average molecular weight is 1030 g/mol. The van der Waals surface area contributed by atoms with Crippen LogP contribution in [0.1, 0.15) is 33.4 Å². The molecule has 0 spiro atoms. The van der Waals surface area contributed by atoms with Gasteiger partial charge in [-0.15, -0.1) is 0 Å². The first-order valence-corrected chi connectivity index (χ1v) is 26.1. The van der Waals surface area contributed by atoms with E-state index in [1.807, 2.05) is 32.9 Å². The Bertz CT molecular complexity index is 3940. The summed E-state index contributed by atoms with van der Waals surface area (Å²) in [6, 6.07) is 29.2. The van der Waals surface area contributed by atoms with E-state index in [2.05, 4.69) is 26.6 Å². The van der Waals surface area contributed by atoms with Gasteiger partial charge in [-0.2, -0.15) is 25.3 Å². The van der Waals surface area contributed by atoms with Gasteiger partial charge < -0.3 is 31.0 Å². The van der Waals surface area contributed by atoms with Crippen LogP contribution in [0.15, 0.2) is 145 Å². The molecule has 0 radical (unpaired) electrons. The molecule has 72 heavy (non-hydrogen) atoms. The van der Waals surface area contributed by atoms with E-state index in [-0.39, 0.29) is 55.8 Å². The lowest BCUT2D eigenvalue weighted by Gasteiger charge is -2.21. The number of nitrogens with zero attached hydrogens (tertiary/aromatic N) is 1. The first-order chi connectivity index (χ1) is 33.9.